The molecule has 18 heavy (non-hydrogen) atoms. The Kier molecular flexibility index (Phi) is 2.75. The van der Waals surface area contributed by atoms with Crippen LogP contribution >= 0.6 is 0 Å². The van der Waals surface area contributed by atoms with Crippen LogP contribution in [-0.2, 0) is 6.42 Å². The van der Waals surface area contributed by atoms with E-state index < -0.39 is 0 Å². The fraction of sp³-hybridized carbons (Fsp3) is 0.235. The van der Waals surface area contributed by atoms with E-state index in [-0.39, 0.29) is 5.78 Å². The van der Waals surface area contributed by atoms with E-state index in [0.717, 1.165) is 28.7 Å². The zero-order valence-corrected chi connectivity index (χ0v) is 10.6. The van der Waals surface area contributed by atoms with Gasteiger partial charge in [0.15, 0.2) is 5.78 Å². The van der Waals surface area contributed by atoms with Gasteiger partial charge in [-0.15, -0.1) is 0 Å². The highest BCUT2D eigenvalue weighted by atomic mass is 16.1. The molecule has 1 nitrogen and oxygen atoms in total. The Morgan fingerprint density at radius 2 is 1.61 bits per heavy atom. The maximum Gasteiger partial charge on any atom is 0.194 e. The van der Waals surface area contributed by atoms with Gasteiger partial charge in [-0.25, -0.2) is 0 Å². The minimum atomic E-state index is 0.169. The average Bonchev–Trinajstić information content (AvgIpc) is 2.71. The molecule has 1 aliphatic rings. The Bertz CT molecular complexity index is 611. The number of aryl methyl sites for hydroxylation is 1. The second-order valence-corrected chi connectivity index (χ2v) is 4.86. The van der Waals surface area contributed by atoms with Gasteiger partial charge in [0.1, 0.15) is 0 Å². The maximum absolute atomic E-state index is 12.2. The van der Waals surface area contributed by atoms with Crippen LogP contribution in [0.1, 0.15) is 41.3 Å². The first kappa shape index (κ1) is 11.2. The Hall–Kier alpha value is -1.89. The summed E-state index contributed by atoms with van der Waals surface area (Å²) < 4.78 is 0. The highest BCUT2D eigenvalue weighted by Crippen LogP contribution is 2.36. The highest BCUT2D eigenvalue weighted by molar-refractivity contribution is 6.21. The molecular formula is C17H16O. The van der Waals surface area contributed by atoms with E-state index in [9.17, 15) is 4.79 Å². The van der Waals surface area contributed by atoms with E-state index in [1.54, 1.807) is 0 Å². The van der Waals surface area contributed by atoms with Crippen LogP contribution in [0, 0.1) is 0 Å². The number of unbranched alkanes of at least 4 members (excludes halogenated alkanes) is 1. The van der Waals surface area contributed by atoms with E-state index in [4.69, 9.17) is 0 Å². The van der Waals surface area contributed by atoms with Crippen LogP contribution in [0.2, 0.25) is 0 Å². The van der Waals surface area contributed by atoms with Gasteiger partial charge >= 0.3 is 0 Å². The van der Waals surface area contributed by atoms with Crippen molar-refractivity contribution in [2.45, 2.75) is 26.2 Å². The van der Waals surface area contributed by atoms with Gasteiger partial charge in [0.2, 0.25) is 0 Å². The molecular weight excluding hydrogens is 220 g/mol. The van der Waals surface area contributed by atoms with Gasteiger partial charge in [-0.3, -0.25) is 4.79 Å². The summed E-state index contributed by atoms with van der Waals surface area (Å²) in [6.45, 7) is 2.20. The van der Waals surface area contributed by atoms with E-state index in [2.05, 4.69) is 19.1 Å². The third-order valence-electron chi connectivity index (χ3n) is 3.61. The molecule has 2 aromatic carbocycles. The summed E-state index contributed by atoms with van der Waals surface area (Å²) in [6.07, 6.45) is 3.50. The Morgan fingerprint density at radius 3 is 2.39 bits per heavy atom. The lowest BCUT2D eigenvalue weighted by Crippen LogP contribution is -1.95. The quantitative estimate of drug-likeness (QED) is 0.664. The maximum atomic E-state index is 12.2. The van der Waals surface area contributed by atoms with E-state index >= 15 is 0 Å². The summed E-state index contributed by atoms with van der Waals surface area (Å²) in [6, 6.07) is 14.2. The van der Waals surface area contributed by atoms with Crippen LogP contribution < -0.4 is 0 Å². The minimum Gasteiger partial charge on any atom is -0.289 e. The number of carbonyl (C=O) groups is 1. The normalized spacial score (nSPS) is 12.4. The van der Waals surface area contributed by atoms with Crippen molar-refractivity contribution < 1.29 is 4.79 Å². The lowest BCUT2D eigenvalue weighted by Gasteiger charge is -2.04. The lowest BCUT2D eigenvalue weighted by atomic mass is 10.0. The smallest absolute Gasteiger partial charge is 0.194 e. The molecule has 0 spiro atoms. The monoisotopic (exact) mass is 236 g/mol. The first-order valence-corrected chi connectivity index (χ1v) is 6.58. The lowest BCUT2D eigenvalue weighted by molar-refractivity contribution is 0.104. The fourth-order valence-electron chi connectivity index (χ4n) is 2.61. The average molecular weight is 236 g/mol. The second-order valence-electron chi connectivity index (χ2n) is 4.86. The van der Waals surface area contributed by atoms with Crippen LogP contribution in [0.3, 0.4) is 0 Å². The summed E-state index contributed by atoms with van der Waals surface area (Å²) in [5.41, 5.74) is 5.25. The molecule has 0 amide bonds. The Morgan fingerprint density at radius 1 is 0.889 bits per heavy atom. The summed E-state index contributed by atoms with van der Waals surface area (Å²) in [7, 11) is 0. The van der Waals surface area contributed by atoms with Gasteiger partial charge < -0.3 is 0 Å². The van der Waals surface area contributed by atoms with Gasteiger partial charge in [-0.1, -0.05) is 55.8 Å². The van der Waals surface area contributed by atoms with Crippen molar-refractivity contribution in [3.05, 3.63) is 59.2 Å². The minimum absolute atomic E-state index is 0.169. The van der Waals surface area contributed by atoms with Crippen molar-refractivity contribution in [2.75, 3.05) is 0 Å². The first-order chi connectivity index (χ1) is 8.81. The van der Waals surface area contributed by atoms with Gasteiger partial charge in [0.25, 0.3) is 0 Å². The second kappa shape index (κ2) is 4.41. The number of rotatable bonds is 3. The van der Waals surface area contributed by atoms with Crippen LogP contribution in [0.5, 0.6) is 0 Å². The van der Waals surface area contributed by atoms with Crippen molar-refractivity contribution in [1.29, 1.82) is 0 Å². The summed E-state index contributed by atoms with van der Waals surface area (Å²) in [5, 5.41) is 0. The van der Waals surface area contributed by atoms with Crippen LogP contribution in [0.25, 0.3) is 11.1 Å². The van der Waals surface area contributed by atoms with Crippen LogP contribution in [-0.4, -0.2) is 5.78 Å². The topological polar surface area (TPSA) is 17.1 Å². The SMILES string of the molecule is CCCCc1ccc2c(c1)-c1ccccc1C2=O. The summed E-state index contributed by atoms with van der Waals surface area (Å²) in [5.74, 6) is 0.169. The zero-order valence-electron chi connectivity index (χ0n) is 10.6. The molecule has 1 aliphatic carbocycles. The Balaban J connectivity index is 2.08. The van der Waals surface area contributed by atoms with Crippen LogP contribution in [0.4, 0.5) is 0 Å². The first-order valence-electron chi connectivity index (χ1n) is 6.58. The van der Waals surface area contributed by atoms with E-state index in [0.29, 0.717) is 0 Å². The zero-order chi connectivity index (χ0) is 12.5. The van der Waals surface area contributed by atoms with E-state index in [1.807, 2.05) is 30.3 Å². The van der Waals surface area contributed by atoms with Crippen molar-refractivity contribution in [1.82, 2.24) is 0 Å². The fourth-order valence-corrected chi connectivity index (χ4v) is 2.61. The molecule has 2 aromatic rings. The van der Waals surface area contributed by atoms with Gasteiger partial charge in [0, 0.05) is 11.1 Å². The van der Waals surface area contributed by atoms with Crippen molar-refractivity contribution in [2.24, 2.45) is 0 Å². The molecule has 0 radical (unpaired) electrons. The third kappa shape index (κ3) is 1.67. The number of ketones is 1. The number of benzene rings is 2. The molecule has 0 unspecified atom stereocenters. The summed E-state index contributed by atoms with van der Waals surface area (Å²) >= 11 is 0. The molecule has 0 saturated heterocycles. The molecule has 0 fully saturated rings. The standard InChI is InChI=1S/C17H16O/c1-2-3-6-12-9-10-15-16(11-12)13-7-4-5-8-14(13)17(15)18/h4-5,7-11H,2-3,6H2,1H3. The van der Waals surface area contributed by atoms with Gasteiger partial charge in [-0.2, -0.15) is 0 Å². The third-order valence-corrected chi connectivity index (χ3v) is 3.61. The van der Waals surface area contributed by atoms with Crippen molar-refractivity contribution in [3.63, 3.8) is 0 Å². The molecule has 0 bridgehead atoms. The molecule has 3 rings (SSSR count). The van der Waals surface area contributed by atoms with E-state index in [1.165, 1.54) is 18.4 Å². The number of hydrogen-bond donors (Lipinski definition) is 0. The van der Waals surface area contributed by atoms with Crippen molar-refractivity contribution >= 4 is 5.78 Å². The largest absolute Gasteiger partial charge is 0.289 e. The van der Waals surface area contributed by atoms with Gasteiger partial charge in [0.05, 0.1) is 0 Å². The molecule has 0 N–H and O–H groups in total. The highest BCUT2D eigenvalue weighted by Gasteiger charge is 2.25. The molecule has 0 aliphatic heterocycles. The number of fused-ring (bicyclic) bond motifs is 3. The summed E-state index contributed by atoms with van der Waals surface area (Å²) in [4.78, 5) is 12.2. The number of carbonyl (C=O) groups excluding carboxylic acids is 1. The Labute approximate surface area is 107 Å². The molecule has 90 valence electrons. The van der Waals surface area contributed by atoms with Gasteiger partial charge in [-0.05, 0) is 29.5 Å². The molecule has 0 heterocycles. The predicted molar refractivity (Wildman–Crippen MR) is 73.9 cm³/mol. The molecule has 0 aromatic heterocycles. The molecule has 0 saturated carbocycles. The van der Waals surface area contributed by atoms with Crippen LogP contribution in [0.15, 0.2) is 42.5 Å². The molecule has 1 heteroatoms. The molecule has 0 atom stereocenters. The van der Waals surface area contributed by atoms with Crippen molar-refractivity contribution in [3.8, 4) is 11.1 Å². The number of hydrogen-bond acceptors (Lipinski definition) is 1. The predicted octanol–water partition coefficient (Wildman–Crippen LogP) is 4.24.